The number of hydrogen-bond acceptors (Lipinski definition) is 4. The van der Waals surface area contributed by atoms with Gasteiger partial charge in [0.1, 0.15) is 0 Å². The monoisotopic (exact) mass is 428 g/mol. The Morgan fingerprint density at radius 1 is 0.968 bits per heavy atom. The van der Waals surface area contributed by atoms with Crippen molar-refractivity contribution in [3.63, 3.8) is 0 Å². The van der Waals surface area contributed by atoms with E-state index in [0.717, 1.165) is 31.4 Å². The van der Waals surface area contributed by atoms with Crippen molar-refractivity contribution in [3.8, 4) is 11.5 Å². The molecular weight excluding hydrogens is 407 g/mol. The average Bonchev–Trinajstić information content (AvgIpc) is 3.23. The van der Waals surface area contributed by atoms with E-state index in [0.29, 0.717) is 17.3 Å². The van der Waals surface area contributed by atoms with E-state index >= 15 is 0 Å². The number of nitrogens with zero attached hydrogens (tertiary/aromatic N) is 1. The van der Waals surface area contributed by atoms with E-state index in [4.69, 9.17) is 4.42 Å². The van der Waals surface area contributed by atoms with Gasteiger partial charge in [-0.1, -0.05) is 18.2 Å². The van der Waals surface area contributed by atoms with Gasteiger partial charge in [0, 0.05) is 23.0 Å². The van der Waals surface area contributed by atoms with Gasteiger partial charge in [-0.25, -0.2) is 4.98 Å². The van der Waals surface area contributed by atoms with Gasteiger partial charge in [0.25, 0.3) is 5.91 Å². The largest absolute Gasteiger partial charge is 0.452 e. The predicted octanol–water partition coefficient (Wildman–Crippen LogP) is 6.17. The lowest BCUT2D eigenvalue weighted by Crippen LogP contribution is -2.22. The quantitative estimate of drug-likeness (QED) is 0.510. The molecule has 8 heteroatoms. The van der Waals surface area contributed by atoms with Gasteiger partial charge in [-0.2, -0.15) is 13.2 Å². The Hall–Kier alpha value is -3.29. The first-order valence-electron chi connectivity index (χ1n) is 10.0. The van der Waals surface area contributed by atoms with Crippen LogP contribution in [0.3, 0.4) is 0 Å². The maximum Gasteiger partial charge on any atom is 0.452 e. The number of oxazole rings is 1. The molecule has 1 fully saturated rings. The highest BCUT2D eigenvalue weighted by Crippen LogP contribution is 2.35. The molecule has 0 bridgehead atoms. The van der Waals surface area contributed by atoms with Gasteiger partial charge in [-0.15, -0.1) is 0 Å². The van der Waals surface area contributed by atoms with Gasteiger partial charge in [0.05, 0.1) is 0 Å². The summed E-state index contributed by atoms with van der Waals surface area (Å²) in [5.74, 6) is -2.67. The molecule has 2 aromatic carbocycles. The summed E-state index contributed by atoms with van der Waals surface area (Å²) < 4.78 is 45.2. The molecule has 0 aliphatic heterocycles. The van der Waals surface area contributed by atoms with E-state index in [1.54, 1.807) is 54.6 Å². The Balaban J connectivity index is 1.50. The smallest absolute Gasteiger partial charge is 0.431 e. The van der Waals surface area contributed by atoms with Crippen molar-refractivity contribution in [2.45, 2.75) is 37.9 Å². The maximum atomic E-state index is 13.4. The van der Waals surface area contributed by atoms with Crippen molar-refractivity contribution < 1.29 is 22.4 Å². The first-order valence-corrected chi connectivity index (χ1v) is 10.0. The fourth-order valence-corrected chi connectivity index (χ4v) is 3.52. The molecule has 0 unspecified atom stereocenters. The van der Waals surface area contributed by atoms with Crippen molar-refractivity contribution >= 4 is 17.3 Å². The highest BCUT2D eigenvalue weighted by Gasteiger charge is 2.42. The summed E-state index contributed by atoms with van der Waals surface area (Å²) in [7, 11) is 0. The van der Waals surface area contributed by atoms with Crippen LogP contribution in [0.2, 0.25) is 0 Å². The summed E-state index contributed by atoms with van der Waals surface area (Å²) in [6, 6.07) is 15.4. The second-order valence-corrected chi connectivity index (χ2v) is 7.38. The zero-order chi connectivity index (χ0) is 21.8. The van der Waals surface area contributed by atoms with Gasteiger partial charge in [-0.3, -0.25) is 4.79 Å². The lowest BCUT2D eigenvalue weighted by molar-refractivity contribution is -0.153. The van der Waals surface area contributed by atoms with E-state index < -0.39 is 23.5 Å². The van der Waals surface area contributed by atoms with Crippen molar-refractivity contribution in [2.75, 3.05) is 10.6 Å². The minimum Gasteiger partial charge on any atom is -0.431 e. The number of halogens is 3. The number of alkyl halides is 3. The molecule has 2 N–H and O–H groups in total. The number of carbonyl (C=O) groups excluding carboxylic acids is 1. The number of rotatable bonds is 5. The second-order valence-electron chi connectivity index (χ2n) is 7.38. The fraction of sp³-hybridized carbons (Fsp3) is 0.261. The normalized spacial score (nSPS) is 14.9. The van der Waals surface area contributed by atoms with E-state index in [1.165, 1.54) is 0 Å². The van der Waals surface area contributed by atoms with Crippen LogP contribution in [-0.2, 0) is 6.18 Å². The maximum absolute atomic E-state index is 13.4. The molecule has 5 nitrogen and oxygen atoms in total. The van der Waals surface area contributed by atoms with Crippen LogP contribution in [0.4, 0.5) is 24.5 Å². The number of anilines is 2. The van der Waals surface area contributed by atoms with Crippen LogP contribution in [0.1, 0.15) is 41.9 Å². The second kappa shape index (κ2) is 8.83. The van der Waals surface area contributed by atoms with Crippen LogP contribution in [0, 0.1) is 6.42 Å². The Morgan fingerprint density at radius 2 is 1.61 bits per heavy atom. The summed E-state index contributed by atoms with van der Waals surface area (Å²) in [6.07, 6.45) is 1.71. The molecular formula is C23H21F3N3O2. The van der Waals surface area contributed by atoms with Gasteiger partial charge in [0.15, 0.2) is 5.69 Å². The molecule has 1 aliphatic carbocycles. The molecule has 31 heavy (non-hydrogen) atoms. The summed E-state index contributed by atoms with van der Waals surface area (Å²) >= 11 is 0. The fourth-order valence-electron chi connectivity index (χ4n) is 3.52. The van der Waals surface area contributed by atoms with Gasteiger partial charge < -0.3 is 15.1 Å². The first-order chi connectivity index (χ1) is 14.9. The Kier molecular flexibility index (Phi) is 5.97. The van der Waals surface area contributed by atoms with Crippen molar-refractivity contribution in [1.82, 2.24) is 4.98 Å². The lowest BCUT2D eigenvalue weighted by Gasteiger charge is -2.23. The van der Waals surface area contributed by atoms with Crippen LogP contribution in [0.5, 0.6) is 0 Å². The average molecular weight is 428 g/mol. The number of nitrogens with one attached hydrogen (secondary N) is 2. The zero-order valence-corrected chi connectivity index (χ0v) is 16.6. The van der Waals surface area contributed by atoms with Crippen molar-refractivity contribution in [2.24, 2.45) is 0 Å². The molecule has 1 heterocycles. The molecule has 1 radical (unpaired) electrons. The van der Waals surface area contributed by atoms with Crippen molar-refractivity contribution in [3.05, 3.63) is 72.5 Å². The standard InChI is InChI=1S/C23H21F3N3O2/c24-23(25,26)20-19(29-22(31-20)15-7-3-1-4-8-15)21(30)28-18-13-11-17(12-14-18)27-16-9-5-2-6-10-16/h1-4,7-8,11-14,16,27H,5-6,9-10H2,(H,28,30). The third-order valence-corrected chi connectivity index (χ3v) is 5.07. The van der Waals surface area contributed by atoms with Crippen LogP contribution in [0.15, 0.2) is 59.0 Å². The minimum atomic E-state index is -4.85. The van der Waals surface area contributed by atoms with Crippen LogP contribution < -0.4 is 10.6 Å². The molecule has 1 aromatic heterocycles. The van der Waals surface area contributed by atoms with E-state index in [9.17, 15) is 18.0 Å². The lowest BCUT2D eigenvalue weighted by atomic mass is 9.95. The third-order valence-electron chi connectivity index (χ3n) is 5.07. The van der Waals surface area contributed by atoms with Gasteiger partial charge >= 0.3 is 6.18 Å². The van der Waals surface area contributed by atoms with E-state index in [2.05, 4.69) is 22.0 Å². The summed E-state index contributed by atoms with van der Waals surface area (Å²) in [4.78, 5) is 16.4. The van der Waals surface area contributed by atoms with Crippen LogP contribution in [-0.4, -0.2) is 16.9 Å². The molecule has 0 atom stereocenters. The number of amides is 1. The van der Waals surface area contributed by atoms with Crippen LogP contribution in [0.25, 0.3) is 11.5 Å². The summed E-state index contributed by atoms with van der Waals surface area (Å²) in [6.45, 7) is 0. The molecule has 0 saturated heterocycles. The summed E-state index contributed by atoms with van der Waals surface area (Å²) in [5, 5.41) is 5.91. The first kappa shape index (κ1) is 21.0. The molecule has 1 saturated carbocycles. The molecule has 1 aliphatic rings. The highest BCUT2D eigenvalue weighted by molar-refractivity contribution is 6.04. The third kappa shape index (κ3) is 5.07. The van der Waals surface area contributed by atoms with Crippen molar-refractivity contribution in [1.29, 1.82) is 0 Å². The Labute approximate surface area is 177 Å². The number of aromatic nitrogens is 1. The van der Waals surface area contributed by atoms with E-state index in [1.807, 2.05) is 0 Å². The number of hydrogen-bond donors (Lipinski definition) is 2. The molecule has 4 rings (SSSR count). The summed E-state index contributed by atoms with van der Waals surface area (Å²) in [5.41, 5.74) is 0.813. The Morgan fingerprint density at radius 3 is 2.26 bits per heavy atom. The Bertz CT molecular complexity index is 1020. The topological polar surface area (TPSA) is 67.2 Å². The number of benzene rings is 2. The minimum absolute atomic E-state index is 0.262. The van der Waals surface area contributed by atoms with E-state index in [-0.39, 0.29) is 5.89 Å². The number of carbonyl (C=O) groups is 1. The molecule has 3 aromatic rings. The molecule has 1 amide bonds. The molecule has 0 spiro atoms. The van der Waals surface area contributed by atoms with Gasteiger partial charge in [-0.05, 0) is 68.5 Å². The van der Waals surface area contributed by atoms with Crippen LogP contribution >= 0.6 is 0 Å². The predicted molar refractivity (Wildman–Crippen MR) is 112 cm³/mol. The van der Waals surface area contributed by atoms with Gasteiger partial charge in [0.2, 0.25) is 11.7 Å². The SMILES string of the molecule is O=C(Nc1ccc(NC2CC[CH]CC2)cc1)c1nc(-c2ccccc2)oc1C(F)(F)F. The highest BCUT2D eigenvalue weighted by atomic mass is 19.4. The zero-order valence-electron chi connectivity index (χ0n) is 16.6. The molecule has 161 valence electrons.